The average molecular weight is 208 g/mol. The summed E-state index contributed by atoms with van der Waals surface area (Å²) in [5.41, 5.74) is 1.15. The van der Waals surface area contributed by atoms with Crippen molar-refractivity contribution in [1.29, 1.82) is 5.26 Å². The minimum atomic E-state index is 0.249. The molecule has 1 saturated carbocycles. The Morgan fingerprint density at radius 2 is 2.20 bits per heavy atom. The maximum atomic E-state index is 9.07. The monoisotopic (exact) mass is 208 g/mol. The summed E-state index contributed by atoms with van der Waals surface area (Å²) in [5, 5.41) is 13.1. The Kier molecular flexibility index (Phi) is 5.17. The van der Waals surface area contributed by atoms with Crippen molar-refractivity contribution >= 4 is 5.71 Å². The molecule has 0 aromatic rings. The van der Waals surface area contributed by atoms with E-state index in [0.29, 0.717) is 5.92 Å². The van der Waals surface area contributed by atoms with Gasteiger partial charge < -0.3 is 4.84 Å². The molecule has 1 unspecified atom stereocenters. The van der Waals surface area contributed by atoms with Crippen molar-refractivity contribution in [2.45, 2.75) is 45.4 Å². The largest absolute Gasteiger partial charge is 0.399 e. The zero-order valence-electron chi connectivity index (χ0n) is 9.70. The van der Waals surface area contributed by atoms with E-state index < -0.39 is 0 Å². The summed E-state index contributed by atoms with van der Waals surface area (Å²) in [5.74, 6) is 0.824. The van der Waals surface area contributed by atoms with Crippen LogP contribution in [-0.4, -0.2) is 12.8 Å². The van der Waals surface area contributed by atoms with Gasteiger partial charge in [-0.1, -0.05) is 18.5 Å². The molecule has 1 aliphatic rings. The van der Waals surface area contributed by atoms with Crippen LogP contribution in [0.4, 0.5) is 0 Å². The van der Waals surface area contributed by atoms with Gasteiger partial charge in [-0.05, 0) is 38.0 Å². The fraction of sp³-hybridized carbons (Fsp3) is 0.833. The summed E-state index contributed by atoms with van der Waals surface area (Å²) in [6.45, 7) is 2.14. The second kappa shape index (κ2) is 6.44. The van der Waals surface area contributed by atoms with E-state index in [-0.39, 0.29) is 5.92 Å². The van der Waals surface area contributed by atoms with E-state index in [1.807, 2.05) is 0 Å². The minimum Gasteiger partial charge on any atom is -0.399 e. The summed E-state index contributed by atoms with van der Waals surface area (Å²) in [4.78, 5) is 4.77. The lowest BCUT2D eigenvalue weighted by Crippen LogP contribution is -2.21. The molecule has 1 rings (SSSR count). The smallest absolute Gasteiger partial charge is 0.106 e. The summed E-state index contributed by atoms with van der Waals surface area (Å²) in [6.07, 6.45) is 6.34. The van der Waals surface area contributed by atoms with Crippen LogP contribution in [-0.2, 0) is 4.84 Å². The number of nitrogens with zero attached hydrogens (tertiary/aromatic N) is 2. The first-order chi connectivity index (χ1) is 7.31. The van der Waals surface area contributed by atoms with Gasteiger partial charge in [0, 0.05) is 5.92 Å². The van der Waals surface area contributed by atoms with Crippen LogP contribution in [0.3, 0.4) is 0 Å². The highest BCUT2D eigenvalue weighted by molar-refractivity contribution is 5.84. The molecule has 15 heavy (non-hydrogen) atoms. The van der Waals surface area contributed by atoms with E-state index in [9.17, 15) is 0 Å². The van der Waals surface area contributed by atoms with Crippen LogP contribution in [0.25, 0.3) is 0 Å². The summed E-state index contributed by atoms with van der Waals surface area (Å²) >= 11 is 0. The third-order valence-corrected chi connectivity index (χ3v) is 3.16. The van der Waals surface area contributed by atoms with Crippen LogP contribution in [0.1, 0.15) is 45.4 Å². The molecule has 0 radical (unpaired) electrons. The Hall–Kier alpha value is -1.04. The first-order valence-corrected chi connectivity index (χ1v) is 5.80. The van der Waals surface area contributed by atoms with Crippen molar-refractivity contribution in [1.82, 2.24) is 0 Å². The van der Waals surface area contributed by atoms with Crippen molar-refractivity contribution in [3.05, 3.63) is 0 Å². The first-order valence-electron chi connectivity index (χ1n) is 5.80. The number of hydrogen-bond acceptors (Lipinski definition) is 3. The third-order valence-electron chi connectivity index (χ3n) is 3.16. The van der Waals surface area contributed by atoms with E-state index in [1.54, 1.807) is 7.11 Å². The first kappa shape index (κ1) is 12.0. The van der Waals surface area contributed by atoms with Crippen molar-refractivity contribution in [3.8, 4) is 6.07 Å². The molecule has 84 valence electrons. The lowest BCUT2D eigenvalue weighted by molar-refractivity contribution is 0.208. The lowest BCUT2D eigenvalue weighted by atomic mass is 9.78. The number of nitriles is 1. The van der Waals surface area contributed by atoms with Gasteiger partial charge in [0.05, 0.1) is 11.8 Å². The normalized spacial score (nSPS) is 23.0. The molecule has 1 aliphatic carbocycles. The fourth-order valence-electron chi connectivity index (χ4n) is 2.31. The van der Waals surface area contributed by atoms with Gasteiger partial charge in [0.25, 0.3) is 0 Å². The Labute approximate surface area is 92.1 Å². The molecule has 1 atom stereocenters. The predicted octanol–water partition coefficient (Wildman–Crippen LogP) is 3.12. The predicted molar refractivity (Wildman–Crippen MR) is 60.4 cm³/mol. The molecule has 0 spiro atoms. The van der Waals surface area contributed by atoms with Gasteiger partial charge >= 0.3 is 0 Å². The van der Waals surface area contributed by atoms with Gasteiger partial charge in [-0.15, -0.1) is 0 Å². The van der Waals surface area contributed by atoms with Crippen LogP contribution in [0, 0.1) is 23.2 Å². The third kappa shape index (κ3) is 3.54. The van der Waals surface area contributed by atoms with Gasteiger partial charge in [-0.3, -0.25) is 0 Å². The van der Waals surface area contributed by atoms with E-state index in [2.05, 4.69) is 18.1 Å². The van der Waals surface area contributed by atoms with E-state index in [0.717, 1.165) is 44.2 Å². The Bertz CT molecular complexity index is 245. The van der Waals surface area contributed by atoms with Crippen LogP contribution >= 0.6 is 0 Å². The number of hydrogen-bond donors (Lipinski definition) is 0. The SMILES string of the molecule is CCCC(C#N)C1CCC(=NOC)CC1. The molecule has 0 aromatic carbocycles. The van der Waals surface area contributed by atoms with Gasteiger partial charge in [-0.25, -0.2) is 0 Å². The van der Waals surface area contributed by atoms with E-state index >= 15 is 0 Å². The maximum absolute atomic E-state index is 9.07. The fourth-order valence-corrected chi connectivity index (χ4v) is 2.31. The summed E-state index contributed by atoms with van der Waals surface area (Å²) < 4.78 is 0. The minimum absolute atomic E-state index is 0.249. The highest BCUT2D eigenvalue weighted by Crippen LogP contribution is 2.31. The average Bonchev–Trinajstić information content (AvgIpc) is 2.28. The molecule has 0 aromatic heterocycles. The number of oxime groups is 1. The summed E-state index contributed by atoms with van der Waals surface area (Å²) in [7, 11) is 1.59. The molecule has 0 saturated heterocycles. The van der Waals surface area contributed by atoms with Crippen LogP contribution in [0.5, 0.6) is 0 Å². The second-order valence-corrected chi connectivity index (χ2v) is 4.20. The molecule has 3 heteroatoms. The Morgan fingerprint density at radius 3 is 2.67 bits per heavy atom. The maximum Gasteiger partial charge on any atom is 0.106 e. The van der Waals surface area contributed by atoms with Gasteiger partial charge in [-0.2, -0.15) is 5.26 Å². The lowest BCUT2D eigenvalue weighted by Gasteiger charge is -2.26. The molecular formula is C12H20N2O. The van der Waals surface area contributed by atoms with Crippen LogP contribution in [0.2, 0.25) is 0 Å². The second-order valence-electron chi connectivity index (χ2n) is 4.20. The molecule has 0 N–H and O–H groups in total. The zero-order chi connectivity index (χ0) is 11.1. The van der Waals surface area contributed by atoms with Gasteiger partial charge in [0.1, 0.15) is 7.11 Å². The molecular weight excluding hydrogens is 188 g/mol. The number of rotatable bonds is 4. The molecule has 0 amide bonds. The van der Waals surface area contributed by atoms with Crippen molar-refractivity contribution in [3.63, 3.8) is 0 Å². The highest BCUT2D eigenvalue weighted by atomic mass is 16.6. The van der Waals surface area contributed by atoms with Crippen molar-refractivity contribution in [2.24, 2.45) is 17.0 Å². The summed E-state index contributed by atoms with van der Waals surface area (Å²) in [6, 6.07) is 2.45. The van der Waals surface area contributed by atoms with Gasteiger partial charge in [0.2, 0.25) is 0 Å². The van der Waals surface area contributed by atoms with Crippen LogP contribution in [0.15, 0.2) is 5.16 Å². The molecule has 1 fully saturated rings. The quantitative estimate of drug-likeness (QED) is 0.666. The zero-order valence-corrected chi connectivity index (χ0v) is 9.70. The molecule has 0 heterocycles. The van der Waals surface area contributed by atoms with Crippen molar-refractivity contribution < 1.29 is 4.84 Å². The molecule has 3 nitrogen and oxygen atoms in total. The highest BCUT2D eigenvalue weighted by Gasteiger charge is 2.25. The van der Waals surface area contributed by atoms with E-state index in [4.69, 9.17) is 10.1 Å². The Morgan fingerprint density at radius 1 is 1.53 bits per heavy atom. The topological polar surface area (TPSA) is 45.4 Å². The van der Waals surface area contributed by atoms with E-state index in [1.165, 1.54) is 0 Å². The van der Waals surface area contributed by atoms with Gasteiger partial charge in [0.15, 0.2) is 0 Å². The Balaban J connectivity index is 2.42. The van der Waals surface area contributed by atoms with Crippen LogP contribution < -0.4 is 0 Å². The molecule has 0 bridgehead atoms. The standard InChI is InChI=1S/C12H20N2O/c1-3-4-11(9-13)10-5-7-12(8-6-10)14-15-2/h10-11H,3-8H2,1-2H3. The van der Waals surface area contributed by atoms with Crippen molar-refractivity contribution in [2.75, 3.05) is 7.11 Å². The molecule has 0 aliphatic heterocycles.